The number of methoxy groups -OCH3 is 1. The lowest BCUT2D eigenvalue weighted by Crippen LogP contribution is -2.44. The van der Waals surface area contributed by atoms with E-state index >= 15 is 0 Å². The van der Waals surface area contributed by atoms with Crippen LogP contribution in [0.25, 0.3) is 0 Å². The summed E-state index contributed by atoms with van der Waals surface area (Å²) in [5.41, 5.74) is 10.3. The van der Waals surface area contributed by atoms with Crippen molar-refractivity contribution in [2.24, 2.45) is 17.6 Å². The molecule has 0 aromatic rings. The molecule has 0 amide bonds. The molecule has 0 aromatic heterocycles. The Hall–Kier alpha value is -1.52. The molecule has 27 heavy (non-hydrogen) atoms. The maximum absolute atomic E-state index is 10.5. The Morgan fingerprint density at radius 3 is 2.07 bits per heavy atom. The van der Waals surface area contributed by atoms with Crippen LogP contribution in [0.3, 0.4) is 0 Å². The molecule has 0 saturated heterocycles. The summed E-state index contributed by atoms with van der Waals surface area (Å²) in [6.45, 7) is 10.5. The van der Waals surface area contributed by atoms with E-state index in [0.717, 1.165) is 25.7 Å². The average Bonchev–Trinajstić information content (AvgIpc) is 2.60. The summed E-state index contributed by atoms with van der Waals surface area (Å²) < 4.78 is 5.17. The molecule has 0 fully saturated rings. The summed E-state index contributed by atoms with van der Waals surface area (Å²) in [7, 11) is 1.48. The van der Waals surface area contributed by atoms with E-state index in [9.17, 15) is 10.2 Å². The predicted octanol–water partition coefficient (Wildman–Crippen LogP) is 4.60. The lowest BCUT2D eigenvalue weighted by atomic mass is 9.76. The largest absolute Gasteiger partial charge is 0.496 e. The molecular formula is C23H39NO3. The van der Waals surface area contributed by atoms with Crippen molar-refractivity contribution in [3.05, 3.63) is 46.4 Å². The van der Waals surface area contributed by atoms with Crippen molar-refractivity contribution in [2.75, 3.05) is 7.11 Å². The summed E-state index contributed by atoms with van der Waals surface area (Å²) in [4.78, 5) is 0. The van der Waals surface area contributed by atoms with Gasteiger partial charge in [-0.2, -0.15) is 0 Å². The molecule has 1 unspecified atom stereocenters. The summed E-state index contributed by atoms with van der Waals surface area (Å²) in [6, 6.07) is 0. The highest BCUT2D eigenvalue weighted by Gasteiger charge is 2.40. The van der Waals surface area contributed by atoms with Gasteiger partial charge in [0.2, 0.25) is 0 Å². The Bertz CT molecular complexity index is 597. The topological polar surface area (TPSA) is 75.7 Å². The zero-order valence-corrected chi connectivity index (χ0v) is 18.0. The fourth-order valence-electron chi connectivity index (χ4n) is 3.57. The van der Waals surface area contributed by atoms with Gasteiger partial charge in [-0.15, -0.1) is 0 Å². The third-order valence-corrected chi connectivity index (χ3v) is 5.53. The van der Waals surface area contributed by atoms with Gasteiger partial charge in [0, 0.05) is 0 Å². The number of hydrogen-bond donors (Lipinski definition) is 3. The molecule has 0 aromatic carbocycles. The molecule has 1 aliphatic carbocycles. The van der Waals surface area contributed by atoms with Gasteiger partial charge in [0.1, 0.15) is 18.0 Å². The zero-order valence-electron chi connectivity index (χ0n) is 18.0. The highest BCUT2D eigenvalue weighted by atomic mass is 16.5. The summed E-state index contributed by atoms with van der Waals surface area (Å²) >= 11 is 0. The van der Waals surface area contributed by atoms with Crippen LogP contribution >= 0.6 is 0 Å². The normalized spacial score (nSPS) is 27.0. The van der Waals surface area contributed by atoms with Gasteiger partial charge in [-0.3, -0.25) is 0 Å². The molecular weight excluding hydrogens is 338 g/mol. The first-order valence-corrected chi connectivity index (χ1v) is 10.0. The van der Waals surface area contributed by atoms with Gasteiger partial charge in [-0.1, -0.05) is 41.9 Å². The van der Waals surface area contributed by atoms with Gasteiger partial charge in [0.25, 0.3) is 0 Å². The first-order chi connectivity index (χ1) is 12.7. The fourth-order valence-corrected chi connectivity index (χ4v) is 3.57. The van der Waals surface area contributed by atoms with Crippen LogP contribution in [0, 0.1) is 11.8 Å². The highest BCUT2D eigenvalue weighted by molar-refractivity contribution is 5.21. The van der Waals surface area contributed by atoms with Crippen LogP contribution in [-0.2, 0) is 4.74 Å². The van der Waals surface area contributed by atoms with Gasteiger partial charge in [0.15, 0.2) is 0 Å². The third-order valence-electron chi connectivity index (χ3n) is 5.53. The van der Waals surface area contributed by atoms with Crippen molar-refractivity contribution in [3.63, 3.8) is 0 Å². The second-order valence-electron chi connectivity index (χ2n) is 8.13. The van der Waals surface area contributed by atoms with E-state index in [1.54, 1.807) is 0 Å². The SMILES string of the molecule is COC1=C(N)[C@@H](O)[C@@H](C/C=C(\C)CC/C=C(\C)CCC=C(C)C)[C@H](C)C1O. The molecule has 4 nitrogen and oxygen atoms in total. The predicted molar refractivity (Wildman–Crippen MR) is 113 cm³/mol. The van der Waals surface area contributed by atoms with Crippen LogP contribution in [-0.4, -0.2) is 29.5 Å². The Morgan fingerprint density at radius 2 is 1.52 bits per heavy atom. The summed E-state index contributed by atoms with van der Waals surface area (Å²) in [5.74, 6) is 0.0967. The Kier molecular flexibility index (Phi) is 9.89. The molecule has 0 radical (unpaired) electrons. The molecule has 0 saturated carbocycles. The summed E-state index contributed by atoms with van der Waals surface area (Å²) in [6.07, 6.45) is 10.2. The minimum atomic E-state index is -0.778. The molecule has 4 atom stereocenters. The van der Waals surface area contributed by atoms with Crippen LogP contribution in [0.2, 0.25) is 0 Å². The number of rotatable bonds is 9. The monoisotopic (exact) mass is 377 g/mol. The van der Waals surface area contributed by atoms with Crippen LogP contribution in [0.5, 0.6) is 0 Å². The van der Waals surface area contributed by atoms with Gasteiger partial charge < -0.3 is 20.7 Å². The van der Waals surface area contributed by atoms with Crippen molar-refractivity contribution < 1.29 is 14.9 Å². The van der Waals surface area contributed by atoms with E-state index < -0.39 is 12.2 Å². The molecule has 1 aliphatic rings. The van der Waals surface area contributed by atoms with Crippen molar-refractivity contribution in [2.45, 2.75) is 78.9 Å². The van der Waals surface area contributed by atoms with Crippen LogP contribution in [0.15, 0.2) is 46.4 Å². The number of aliphatic hydroxyl groups is 2. The quantitative estimate of drug-likeness (QED) is 0.513. The molecule has 0 bridgehead atoms. The molecule has 154 valence electrons. The Morgan fingerprint density at radius 1 is 0.963 bits per heavy atom. The van der Waals surface area contributed by atoms with E-state index in [1.807, 2.05) is 6.92 Å². The van der Waals surface area contributed by atoms with E-state index in [4.69, 9.17) is 10.5 Å². The Balaban J connectivity index is 2.56. The number of nitrogens with two attached hydrogens (primary N) is 1. The maximum atomic E-state index is 10.5. The lowest BCUT2D eigenvalue weighted by Gasteiger charge is -2.37. The smallest absolute Gasteiger partial charge is 0.146 e. The van der Waals surface area contributed by atoms with Crippen LogP contribution in [0.1, 0.15) is 66.7 Å². The number of allylic oxidation sites excluding steroid dienone is 6. The maximum Gasteiger partial charge on any atom is 0.146 e. The second kappa shape index (κ2) is 11.4. The molecule has 0 aliphatic heterocycles. The number of ether oxygens (including phenoxy) is 1. The van der Waals surface area contributed by atoms with Gasteiger partial charge in [0.05, 0.1) is 12.8 Å². The van der Waals surface area contributed by atoms with Gasteiger partial charge >= 0.3 is 0 Å². The number of hydrogen-bond acceptors (Lipinski definition) is 4. The van der Waals surface area contributed by atoms with Gasteiger partial charge in [-0.05, 0) is 71.6 Å². The van der Waals surface area contributed by atoms with Crippen molar-refractivity contribution in [1.29, 1.82) is 0 Å². The molecule has 1 rings (SSSR count). The van der Waals surface area contributed by atoms with Crippen LogP contribution < -0.4 is 5.73 Å². The average molecular weight is 378 g/mol. The van der Waals surface area contributed by atoms with E-state index in [2.05, 4.69) is 45.9 Å². The molecule has 4 heteroatoms. The van der Waals surface area contributed by atoms with Crippen molar-refractivity contribution >= 4 is 0 Å². The first-order valence-electron chi connectivity index (χ1n) is 10.0. The number of aliphatic hydroxyl groups excluding tert-OH is 2. The lowest BCUT2D eigenvalue weighted by molar-refractivity contribution is -0.00591. The molecule has 0 spiro atoms. The minimum Gasteiger partial charge on any atom is -0.496 e. The van der Waals surface area contributed by atoms with Gasteiger partial charge in [-0.25, -0.2) is 0 Å². The highest BCUT2D eigenvalue weighted by Crippen LogP contribution is 2.35. The van der Waals surface area contributed by atoms with E-state index in [1.165, 1.54) is 23.8 Å². The first kappa shape index (κ1) is 23.5. The van der Waals surface area contributed by atoms with Crippen LogP contribution in [0.4, 0.5) is 0 Å². The fraction of sp³-hybridized carbons (Fsp3) is 0.652. The van der Waals surface area contributed by atoms with E-state index in [-0.39, 0.29) is 17.5 Å². The Labute approximate surface area is 165 Å². The van der Waals surface area contributed by atoms with Crippen molar-refractivity contribution in [3.8, 4) is 0 Å². The molecule has 4 N–H and O–H groups in total. The third kappa shape index (κ3) is 7.19. The molecule has 0 heterocycles. The zero-order chi connectivity index (χ0) is 20.6. The van der Waals surface area contributed by atoms with E-state index in [0.29, 0.717) is 12.2 Å². The summed E-state index contributed by atoms with van der Waals surface area (Å²) in [5, 5.41) is 20.9. The standard InChI is InChI=1S/C23H39NO3/c1-15(2)9-7-10-16(3)11-8-12-17(4)13-14-19-18(5)21(25)23(27-6)20(24)22(19)26/h9,11,13,18-19,21-22,25-26H,7-8,10,12,14,24H2,1-6H3/b16-11+,17-13+/t18-,19-,21?,22-/m0/s1. The second-order valence-corrected chi connectivity index (χ2v) is 8.13. The van der Waals surface area contributed by atoms with Crippen molar-refractivity contribution in [1.82, 2.24) is 0 Å². The minimum absolute atomic E-state index is 0.102.